The van der Waals surface area contributed by atoms with Crippen LogP contribution in [0.15, 0.2) is 30.5 Å². The van der Waals surface area contributed by atoms with Gasteiger partial charge in [-0.15, -0.1) is 0 Å². The Morgan fingerprint density at radius 1 is 1.00 bits per heavy atom. The molecule has 0 atom stereocenters. The molecule has 0 saturated heterocycles. The summed E-state index contributed by atoms with van der Waals surface area (Å²) >= 11 is 17.8. The highest BCUT2D eigenvalue weighted by Gasteiger charge is 2.11. The first-order valence-corrected chi connectivity index (χ1v) is 5.76. The Morgan fingerprint density at radius 2 is 1.71 bits per heavy atom. The monoisotopic (exact) mass is 282 g/mol. The van der Waals surface area contributed by atoms with Crippen LogP contribution in [0, 0.1) is 11.3 Å². The van der Waals surface area contributed by atoms with Crippen molar-refractivity contribution >= 4 is 34.8 Å². The molecule has 17 heavy (non-hydrogen) atoms. The molecule has 0 radical (unpaired) electrons. The van der Waals surface area contributed by atoms with Gasteiger partial charge >= 0.3 is 0 Å². The Balaban J connectivity index is 2.72. The number of rotatable bonds is 1. The predicted octanol–water partition coefficient (Wildman–Crippen LogP) is 4.58. The first-order valence-electron chi connectivity index (χ1n) is 4.63. The molecule has 0 amide bonds. The van der Waals surface area contributed by atoms with Crippen LogP contribution in [-0.4, -0.2) is 4.98 Å². The van der Waals surface area contributed by atoms with Crippen molar-refractivity contribution in [3.05, 3.63) is 51.2 Å². The van der Waals surface area contributed by atoms with Gasteiger partial charge in [-0.3, -0.25) is 0 Å². The van der Waals surface area contributed by atoms with Crippen molar-refractivity contribution in [3.63, 3.8) is 0 Å². The number of benzene rings is 1. The van der Waals surface area contributed by atoms with Gasteiger partial charge in [0, 0.05) is 27.4 Å². The molecule has 0 spiro atoms. The molecule has 1 heterocycles. The molecule has 2 aromatic rings. The highest BCUT2D eigenvalue weighted by atomic mass is 35.5. The zero-order chi connectivity index (χ0) is 12.4. The molecule has 0 bridgehead atoms. The molecule has 0 aliphatic heterocycles. The van der Waals surface area contributed by atoms with E-state index < -0.39 is 0 Å². The number of halogens is 3. The summed E-state index contributed by atoms with van der Waals surface area (Å²) in [6, 6.07) is 8.66. The van der Waals surface area contributed by atoms with E-state index in [9.17, 15) is 0 Å². The van der Waals surface area contributed by atoms with E-state index in [1.165, 1.54) is 6.20 Å². The Hall–Kier alpha value is -1.27. The number of aromatic nitrogens is 1. The number of nitrogens with zero attached hydrogens (tertiary/aromatic N) is 2. The highest BCUT2D eigenvalue weighted by Crippen LogP contribution is 2.33. The maximum Gasteiger partial charge on any atom is 0.148 e. The molecule has 5 heteroatoms. The van der Waals surface area contributed by atoms with Crippen molar-refractivity contribution in [1.29, 1.82) is 5.26 Å². The summed E-state index contributed by atoms with van der Waals surface area (Å²) in [5.74, 6) is 0. The van der Waals surface area contributed by atoms with Crippen molar-refractivity contribution in [2.75, 3.05) is 0 Å². The lowest BCUT2D eigenvalue weighted by Gasteiger charge is -2.07. The third-order valence-electron chi connectivity index (χ3n) is 2.18. The van der Waals surface area contributed by atoms with Gasteiger partial charge in [0.15, 0.2) is 0 Å². The summed E-state index contributed by atoms with van der Waals surface area (Å²) in [4.78, 5) is 3.95. The normalized spacial score (nSPS) is 10.0. The van der Waals surface area contributed by atoms with Gasteiger partial charge in [0.2, 0.25) is 0 Å². The zero-order valence-corrected chi connectivity index (χ0v) is 10.7. The van der Waals surface area contributed by atoms with E-state index in [0.717, 1.165) is 0 Å². The molecule has 0 aliphatic carbocycles. The number of hydrogen-bond donors (Lipinski definition) is 0. The standard InChI is InChI=1S/C12H5Cl3N2/c13-7-1-2-11(15)9(3-7)10-4-8(14)6-17-12(10)5-16/h1-4,6H. The minimum absolute atomic E-state index is 0.263. The molecular weight excluding hydrogens is 279 g/mol. The van der Waals surface area contributed by atoms with Crippen LogP contribution < -0.4 is 0 Å². The minimum atomic E-state index is 0.263. The van der Waals surface area contributed by atoms with Crippen LogP contribution in [0.4, 0.5) is 0 Å². The minimum Gasteiger partial charge on any atom is -0.243 e. The molecular formula is C12H5Cl3N2. The van der Waals surface area contributed by atoms with E-state index in [0.29, 0.717) is 26.2 Å². The summed E-state index contributed by atoms with van der Waals surface area (Å²) in [5, 5.41) is 10.5. The molecule has 0 fully saturated rings. The van der Waals surface area contributed by atoms with E-state index in [1.807, 2.05) is 6.07 Å². The summed E-state index contributed by atoms with van der Waals surface area (Å²) in [6.45, 7) is 0. The van der Waals surface area contributed by atoms with Crippen molar-refractivity contribution in [3.8, 4) is 17.2 Å². The van der Waals surface area contributed by atoms with Gasteiger partial charge in [0.1, 0.15) is 11.8 Å². The third-order valence-corrected chi connectivity index (χ3v) is 2.95. The summed E-state index contributed by atoms with van der Waals surface area (Å²) in [6.07, 6.45) is 1.42. The van der Waals surface area contributed by atoms with Gasteiger partial charge in [0.25, 0.3) is 0 Å². The Morgan fingerprint density at radius 3 is 2.41 bits per heavy atom. The molecule has 84 valence electrons. The lowest BCUT2D eigenvalue weighted by Crippen LogP contribution is -1.89. The van der Waals surface area contributed by atoms with Crippen molar-refractivity contribution in [1.82, 2.24) is 4.98 Å². The summed E-state index contributed by atoms with van der Waals surface area (Å²) in [7, 11) is 0. The fourth-order valence-corrected chi connectivity index (χ4v) is 1.99. The lowest BCUT2D eigenvalue weighted by molar-refractivity contribution is 1.26. The third kappa shape index (κ3) is 2.53. The number of nitriles is 1. The van der Waals surface area contributed by atoms with Crippen LogP contribution in [-0.2, 0) is 0 Å². The van der Waals surface area contributed by atoms with E-state index in [2.05, 4.69) is 4.98 Å². The summed E-state index contributed by atoms with van der Waals surface area (Å²) < 4.78 is 0. The second-order valence-electron chi connectivity index (χ2n) is 3.29. The zero-order valence-electron chi connectivity index (χ0n) is 8.42. The van der Waals surface area contributed by atoms with Crippen LogP contribution in [0.2, 0.25) is 15.1 Å². The molecule has 0 aliphatic rings. The van der Waals surface area contributed by atoms with Gasteiger partial charge in [-0.1, -0.05) is 34.8 Å². The van der Waals surface area contributed by atoms with Crippen LogP contribution >= 0.6 is 34.8 Å². The average Bonchev–Trinajstić information content (AvgIpc) is 2.32. The fourth-order valence-electron chi connectivity index (χ4n) is 1.44. The Bertz CT molecular complexity index is 618. The SMILES string of the molecule is N#Cc1ncc(Cl)cc1-c1cc(Cl)ccc1Cl. The molecule has 2 rings (SSSR count). The molecule has 1 aromatic carbocycles. The van der Waals surface area contributed by atoms with Crippen LogP contribution in [0.1, 0.15) is 5.69 Å². The molecule has 1 aromatic heterocycles. The highest BCUT2D eigenvalue weighted by molar-refractivity contribution is 6.35. The smallest absolute Gasteiger partial charge is 0.148 e. The van der Waals surface area contributed by atoms with Crippen molar-refractivity contribution < 1.29 is 0 Å². The molecule has 0 N–H and O–H groups in total. The predicted molar refractivity (Wildman–Crippen MR) is 69.4 cm³/mol. The van der Waals surface area contributed by atoms with E-state index in [1.54, 1.807) is 24.3 Å². The van der Waals surface area contributed by atoms with E-state index in [4.69, 9.17) is 40.1 Å². The maximum absolute atomic E-state index is 9.00. The van der Waals surface area contributed by atoms with Crippen molar-refractivity contribution in [2.24, 2.45) is 0 Å². The fraction of sp³-hybridized carbons (Fsp3) is 0. The lowest BCUT2D eigenvalue weighted by atomic mass is 10.0. The van der Waals surface area contributed by atoms with Gasteiger partial charge in [0.05, 0.1) is 5.02 Å². The number of pyridine rings is 1. The van der Waals surface area contributed by atoms with Crippen LogP contribution in [0.5, 0.6) is 0 Å². The van der Waals surface area contributed by atoms with Crippen molar-refractivity contribution in [2.45, 2.75) is 0 Å². The Labute approximate surface area is 113 Å². The average molecular weight is 284 g/mol. The quantitative estimate of drug-likeness (QED) is 0.768. The first kappa shape index (κ1) is 12.2. The maximum atomic E-state index is 9.00. The van der Waals surface area contributed by atoms with Crippen LogP contribution in [0.3, 0.4) is 0 Å². The van der Waals surface area contributed by atoms with Crippen LogP contribution in [0.25, 0.3) is 11.1 Å². The largest absolute Gasteiger partial charge is 0.243 e. The van der Waals surface area contributed by atoms with Gasteiger partial charge in [-0.05, 0) is 24.3 Å². The molecule has 0 unspecified atom stereocenters. The molecule has 2 nitrogen and oxygen atoms in total. The van der Waals surface area contributed by atoms with Gasteiger partial charge in [-0.2, -0.15) is 5.26 Å². The number of hydrogen-bond acceptors (Lipinski definition) is 2. The molecule has 0 saturated carbocycles. The van der Waals surface area contributed by atoms with Gasteiger partial charge < -0.3 is 0 Å². The first-order chi connectivity index (χ1) is 8.11. The summed E-state index contributed by atoms with van der Waals surface area (Å²) in [5.41, 5.74) is 1.48. The van der Waals surface area contributed by atoms with E-state index in [-0.39, 0.29) is 5.69 Å². The Kier molecular flexibility index (Phi) is 3.54. The second-order valence-corrected chi connectivity index (χ2v) is 4.57. The topological polar surface area (TPSA) is 36.7 Å². The second kappa shape index (κ2) is 4.93. The van der Waals surface area contributed by atoms with Gasteiger partial charge in [-0.25, -0.2) is 4.98 Å². The van der Waals surface area contributed by atoms with E-state index >= 15 is 0 Å².